The van der Waals surface area contributed by atoms with Crippen LogP contribution in [-0.2, 0) is 0 Å². The Morgan fingerprint density at radius 3 is 2.46 bits per heavy atom. The van der Waals surface area contributed by atoms with Gasteiger partial charge in [0.25, 0.3) is 11.5 Å². The fraction of sp³-hybridized carbons (Fsp3) is 0.143. The van der Waals surface area contributed by atoms with Crippen molar-refractivity contribution in [2.75, 3.05) is 5.43 Å². The normalized spacial score (nSPS) is 11.0. The highest BCUT2D eigenvalue weighted by atomic mass is 16.2. The van der Waals surface area contributed by atoms with Gasteiger partial charge in [-0.05, 0) is 56.2 Å². The van der Waals surface area contributed by atoms with Gasteiger partial charge in [0, 0.05) is 5.56 Å². The van der Waals surface area contributed by atoms with Gasteiger partial charge in [-0.1, -0.05) is 23.8 Å². The van der Waals surface area contributed by atoms with Gasteiger partial charge in [-0.15, -0.1) is 0 Å². The largest absolute Gasteiger partial charge is 0.283 e. The maximum atomic E-state index is 12.8. The molecule has 0 aliphatic rings. The molecule has 0 saturated heterocycles. The van der Waals surface area contributed by atoms with Crippen LogP contribution in [0.5, 0.6) is 0 Å². The summed E-state index contributed by atoms with van der Waals surface area (Å²) < 4.78 is 2.69. The molecular formula is C21H19N5O2. The third kappa shape index (κ3) is 3.07. The molecule has 0 spiro atoms. The second kappa shape index (κ2) is 6.77. The number of nitrogens with one attached hydrogen (secondary N) is 1. The third-order valence-corrected chi connectivity index (χ3v) is 4.76. The molecule has 7 nitrogen and oxygen atoms in total. The van der Waals surface area contributed by atoms with Gasteiger partial charge in [0.05, 0.1) is 11.9 Å². The van der Waals surface area contributed by atoms with Gasteiger partial charge in [-0.3, -0.25) is 15.0 Å². The number of carbonyl (C=O) groups excluding carboxylic acids is 1. The van der Waals surface area contributed by atoms with Crippen LogP contribution >= 0.6 is 0 Å². The van der Waals surface area contributed by atoms with E-state index < -0.39 is 0 Å². The molecule has 0 aliphatic heterocycles. The Morgan fingerprint density at radius 2 is 1.75 bits per heavy atom. The van der Waals surface area contributed by atoms with Crippen LogP contribution in [0, 0.1) is 20.8 Å². The molecule has 0 fully saturated rings. The molecule has 2 aromatic carbocycles. The van der Waals surface area contributed by atoms with Gasteiger partial charge in [-0.25, -0.2) is 14.3 Å². The topological polar surface area (TPSA) is 81.8 Å². The first-order valence-corrected chi connectivity index (χ1v) is 8.85. The summed E-state index contributed by atoms with van der Waals surface area (Å²) in [7, 11) is 0. The summed E-state index contributed by atoms with van der Waals surface area (Å²) in [5.74, 6) is -0.378. The van der Waals surface area contributed by atoms with Crippen molar-refractivity contribution in [3.63, 3.8) is 0 Å². The van der Waals surface area contributed by atoms with E-state index in [-0.39, 0.29) is 11.5 Å². The number of hydrogen-bond acceptors (Lipinski definition) is 4. The SMILES string of the molecule is Cc1ccc(-n2ncc3c(=O)n(NC(=O)c4ccc(C)c(C)c4)cnc32)cc1. The average molecular weight is 373 g/mol. The number of fused-ring (bicyclic) bond motifs is 1. The van der Waals surface area contributed by atoms with Crippen LogP contribution < -0.4 is 11.0 Å². The Labute approximate surface area is 161 Å². The summed E-state index contributed by atoms with van der Waals surface area (Å²) >= 11 is 0. The zero-order chi connectivity index (χ0) is 19.8. The van der Waals surface area contributed by atoms with E-state index in [0.717, 1.165) is 27.1 Å². The van der Waals surface area contributed by atoms with Crippen LogP contribution in [0.3, 0.4) is 0 Å². The van der Waals surface area contributed by atoms with Crippen molar-refractivity contribution >= 4 is 16.9 Å². The summed E-state index contributed by atoms with van der Waals surface area (Å²) in [5, 5.41) is 4.61. The Kier molecular flexibility index (Phi) is 4.27. The lowest BCUT2D eigenvalue weighted by atomic mass is 10.1. The van der Waals surface area contributed by atoms with Crippen LogP contribution in [0.4, 0.5) is 0 Å². The zero-order valence-corrected chi connectivity index (χ0v) is 15.8. The highest BCUT2D eigenvalue weighted by molar-refractivity contribution is 6.00. The van der Waals surface area contributed by atoms with E-state index in [0.29, 0.717) is 16.6 Å². The third-order valence-electron chi connectivity index (χ3n) is 4.76. The predicted molar refractivity (Wildman–Crippen MR) is 107 cm³/mol. The molecule has 2 aromatic heterocycles. The first-order valence-electron chi connectivity index (χ1n) is 8.85. The van der Waals surface area contributed by atoms with Crippen LogP contribution in [0.25, 0.3) is 16.7 Å². The second-order valence-corrected chi connectivity index (χ2v) is 6.79. The highest BCUT2D eigenvalue weighted by Gasteiger charge is 2.14. The maximum absolute atomic E-state index is 12.8. The smallest absolute Gasteiger partial charge is 0.267 e. The number of nitrogens with zero attached hydrogens (tertiary/aromatic N) is 4. The van der Waals surface area contributed by atoms with Crippen molar-refractivity contribution in [2.24, 2.45) is 0 Å². The van der Waals surface area contributed by atoms with Crippen LogP contribution in [0.15, 0.2) is 59.8 Å². The predicted octanol–water partition coefficient (Wildman–Crippen LogP) is 2.89. The Bertz CT molecular complexity index is 1250. The molecule has 0 aliphatic carbocycles. The molecule has 0 atom stereocenters. The first-order chi connectivity index (χ1) is 13.4. The van der Waals surface area contributed by atoms with Gasteiger partial charge in [0.2, 0.25) is 0 Å². The lowest BCUT2D eigenvalue weighted by Gasteiger charge is -2.09. The Hall–Kier alpha value is -3.74. The van der Waals surface area contributed by atoms with Crippen molar-refractivity contribution < 1.29 is 4.79 Å². The number of carbonyl (C=O) groups is 1. The van der Waals surface area contributed by atoms with E-state index in [1.807, 2.05) is 51.1 Å². The van der Waals surface area contributed by atoms with Crippen molar-refractivity contribution in [3.8, 4) is 5.69 Å². The number of aryl methyl sites for hydroxylation is 3. The van der Waals surface area contributed by atoms with E-state index in [1.54, 1.807) is 16.8 Å². The molecule has 0 radical (unpaired) electrons. The van der Waals surface area contributed by atoms with Gasteiger partial charge >= 0.3 is 0 Å². The standard InChI is InChI=1S/C21H19N5O2/c1-13-4-8-17(9-5-13)26-19-18(11-23-26)21(28)25(12-22-19)24-20(27)16-7-6-14(2)15(3)10-16/h4-12H,1-3H3,(H,24,27). The fourth-order valence-corrected chi connectivity index (χ4v) is 2.92. The second-order valence-electron chi connectivity index (χ2n) is 6.79. The summed E-state index contributed by atoms with van der Waals surface area (Å²) in [5.41, 5.74) is 7.16. The lowest BCUT2D eigenvalue weighted by Crippen LogP contribution is -2.33. The monoisotopic (exact) mass is 373 g/mol. The van der Waals surface area contributed by atoms with Crippen molar-refractivity contribution in [2.45, 2.75) is 20.8 Å². The minimum absolute atomic E-state index is 0.323. The van der Waals surface area contributed by atoms with E-state index in [4.69, 9.17) is 0 Å². The first kappa shape index (κ1) is 17.7. The van der Waals surface area contributed by atoms with Gasteiger partial charge in [-0.2, -0.15) is 5.10 Å². The Morgan fingerprint density at radius 1 is 1.00 bits per heavy atom. The van der Waals surface area contributed by atoms with Gasteiger partial charge in [0.1, 0.15) is 11.7 Å². The summed E-state index contributed by atoms with van der Waals surface area (Å²) in [4.78, 5) is 29.6. The number of benzene rings is 2. The summed E-state index contributed by atoms with van der Waals surface area (Å²) in [6.45, 7) is 5.91. The van der Waals surface area contributed by atoms with Gasteiger partial charge < -0.3 is 0 Å². The molecule has 1 N–H and O–H groups in total. The number of aromatic nitrogens is 4. The zero-order valence-electron chi connectivity index (χ0n) is 15.8. The van der Waals surface area contributed by atoms with E-state index in [9.17, 15) is 9.59 Å². The molecular weight excluding hydrogens is 354 g/mol. The molecule has 140 valence electrons. The van der Waals surface area contributed by atoms with Crippen molar-refractivity contribution in [3.05, 3.63) is 87.6 Å². The highest BCUT2D eigenvalue weighted by Crippen LogP contribution is 2.14. The quantitative estimate of drug-likeness (QED) is 0.599. The molecule has 0 saturated carbocycles. The van der Waals surface area contributed by atoms with Crippen molar-refractivity contribution in [1.82, 2.24) is 19.4 Å². The minimum atomic E-state index is -0.388. The van der Waals surface area contributed by atoms with Crippen LogP contribution in [0.2, 0.25) is 0 Å². The number of hydrogen-bond donors (Lipinski definition) is 1. The minimum Gasteiger partial charge on any atom is -0.267 e. The average Bonchev–Trinajstić information content (AvgIpc) is 3.11. The van der Waals surface area contributed by atoms with Crippen LogP contribution in [-0.4, -0.2) is 25.3 Å². The summed E-state index contributed by atoms with van der Waals surface area (Å²) in [6, 6.07) is 13.1. The molecule has 2 heterocycles. The number of rotatable bonds is 3. The molecule has 0 bridgehead atoms. The van der Waals surface area contributed by atoms with E-state index in [1.165, 1.54) is 12.5 Å². The molecule has 7 heteroatoms. The van der Waals surface area contributed by atoms with Crippen molar-refractivity contribution in [1.29, 1.82) is 0 Å². The lowest BCUT2D eigenvalue weighted by molar-refractivity contribution is 0.101. The molecule has 4 rings (SSSR count). The fourth-order valence-electron chi connectivity index (χ4n) is 2.92. The van der Waals surface area contributed by atoms with E-state index in [2.05, 4.69) is 15.5 Å². The summed E-state index contributed by atoms with van der Waals surface area (Å²) in [6.07, 6.45) is 2.76. The van der Waals surface area contributed by atoms with E-state index >= 15 is 0 Å². The maximum Gasteiger partial charge on any atom is 0.283 e. The molecule has 1 amide bonds. The molecule has 4 aromatic rings. The van der Waals surface area contributed by atoms with Crippen LogP contribution in [0.1, 0.15) is 27.0 Å². The molecule has 0 unspecified atom stereocenters. The molecule has 28 heavy (non-hydrogen) atoms. The number of amides is 1. The van der Waals surface area contributed by atoms with Gasteiger partial charge in [0.15, 0.2) is 5.65 Å². The Balaban J connectivity index is 1.69.